The highest BCUT2D eigenvalue weighted by atomic mass is 16.2. The maximum absolute atomic E-state index is 12.4. The normalized spacial score (nSPS) is 18.6. The molecule has 2 atom stereocenters. The van der Waals surface area contributed by atoms with E-state index in [0.29, 0.717) is 5.92 Å². The van der Waals surface area contributed by atoms with Crippen molar-refractivity contribution in [2.45, 2.75) is 39.2 Å². The Morgan fingerprint density at radius 3 is 2.96 bits per heavy atom. The van der Waals surface area contributed by atoms with E-state index in [-0.39, 0.29) is 12.1 Å². The smallest absolute Gasteiger partial charge is 0.317 e. The Hall–Kier alpha value is -2.37. The van der Waals surface area contributed by atoms with E-state index in [2.05, 4.69) is 32.6 Å². The van der Waals surface area contributed by atoms with Gasteiger partial charge in [-0.05, 0) is 56.4 Å². The quantitative estimate of drug-likeness (QED) is 0.885. The minimum Gasteiger partial charge on any atom is -0.335 e. The second-order valence-corrected chi connectivity index (χ2v) is 6.76. The van der Waals surface area contributed by atoms with Crippen LogP contribution in [0.4, 0.5) is 4.79 Å². The summed E-state index contributed by atoms with van der Waals surface area (Å²) in [5.41, 5.74) is 3.32. The van der Waals surface area contributed by atoms with Crippen molar-refractivity contribution < 1.29 is 4.79 Å². The lowest BCUT2D eigenvalue weighted by atomic mass is 10.00. The highest BCUT2D eigenvalue weighted by Gasteiger charge is 2.27. The summed E-state index contributed by atoms with van der Waals surface area (Å²) in [6.45, 7) is 5.65. The maximum Gasteiger partial charge on any atom is 0.317 e. The molecule has 24 heavy (non-hydrogen) atoms. The van der Waals surface area contributed by atoms with Gasteiger partial charge in [0.25, 0.3) is 0 Å². The predicted molar refractivity (Wildman–Crippen MR) is 92.6 cm³/mol. The maximum atomic E-state index is 12.4. The predicted octanol–water partition coefficient (Wildman–Crippen LogP) is 2.32. The number of aromatic amines is 1. The first-order chi connectivity index (χ1) is 11.6. The topological polar surface area (TPSA) is 73.9 Å². The van der Waals surface area contributed by atoms with Crippen molar-refractivity contribution in [2.24, 2.45) is 5.92 Å². The van der Waals surface area contributed by atoms with E-state index in [1.807, 2.05) is 37.2 Å². The van der Waals surface area contributed by atoms with Crippen LogP contribution in [0.15, 0.2) is 30.6 Å². The number of nitrogens with one attached hydrogen (secondary N) is 2. The van der Waals surface area contributed by atoms with Gasteiger partial charge in [0.15, 0.2) is 0 Å². The van der Waals surface area contributed by atoms with Crippen LogP contribution in [-0.4, -0.2) is 45.2 Å². The molecule has 6 heteroatoms. The highest BCUT2D eigenvalue weighted by molar-refractivity contribution is 5.74. The largest absolute Gasteiger partial charge is 0.335 e. The zero-order valence-corrected chi connectivity index (χ0v) is 14.3. The summed E-state index contributed by atoms with van der Waals surface area (Å²) in [6, 6.07) is 6.22. The third-order valence-electron chi connectivity index (χ3n) is 4.49. The molecule has 2 aromatic heterocycles. The monoisotopic (exact) mass is 327 g/mol. The molecule has 2 aromatic rings. The van der Waals surface area contributed by atoms with Gasteiger partial charge in [0.1, 0.15) is 0 Å². The molecule has 6 nitrogen and oxygen atoms in total. The molecule has 2 amide bonds. The molecule has 1 saturated heterocycles. The van der Waals surface area contributed by atoms with Crippen molar-refractivity contribution in [3.63, 3.8) is 0 Å². The van der Waals surface area contributed by atoms with Gasteiger partial charge in [-0.2, -0.15) is 5.10 Å². The van der Waals surface area contributed by atoms with Crippen molar-refractivity contribution in [3.8, 4) is 0 Å². The number of carbonyl (C=O) groups is 1. The summed E-state index contributed by atoms with van der Waals surface area (Å²) in [5.74, 6) is 0.530. The zero-order chi connectivity index (χ0) is 16.9. The molecule has 2 N–H and O–H groups in total. The number of aromatic nitrogens is 3. The Morgan fingerprint density at radius 2 is 2.25 bits per heavy atom. The number of aryl methyl sites for hydroxylation is 1. The van der Waals surface area contributed by atoms with Gasteiger partial charge in [-0.3, -0.25) is 10.1 Å². The van der Waals surface area contributed by atoms with Crippen molar-refractivity contribution >= 4 is 6.03 Å². The van der Waals surface area contributed by atoms with Crippen LogP contribution in [-0.2, 0) is 12.8 Å². The Bertz CT molecular complexity index is 669. The third-order valence-corrected chi connectivity index (χ3v) is 4.49. The highest BCUT2D eigenvalue weighted by Crippen LogP contribution is 2.20. The first kappa shape index (κ1) is 16.5. The van der Waals surface area contributed by atoms with Crippen molar-refractivity contribution in [3.05, 3.63) is 47.5 Å². The van der Waals surface area contributed by atoms with Gasteiger partial charge in [0.05, 0.1) is 5.69 Å². The lowest BCUT2D eigenvalue weighted by Gasteiger charge is -2.20. The molecule has 0 saturated carbocycles. The van der Waals surface area contributed by atoms with Gasteiger partial charge < -0.3 is 10.2 Å². The molecule has 3 heterocycles. The Labute approximate surface area is 142 Å². The van der Waals surface area contributed by atoms with E-state index < -0.39 is 0 Å². The summed E-state index contributed by atoms with van der Waals surface area (Å²) in [6.07, 6.45) is 6.46. The summed E-state index contributed by atoms with van der Waals surface area (Å²) < 4.78 is 0. The van der Waals surface area contributed by atoms with Crippen molar-refractivity contribution in [1.82, 2.24) is 25.4 Å². The molecule has 0 bridgehead atoms. The first-order valence-corrected chi connectivity index (χ1v) is 8.55. The Balaban J connectivity index is 1.45. The molecule has 0 radical (unpaired) electrons. The molecule has 3 rings (SSSR count). The van der Waals surface area contributed by atoms with E-state index in [1.165, 1.54) is 5.56 Å². The van der Waals surface area contributed by atoms with Crippen LogP contribution in [0.3, 0.4) is 0 Å². The standard InChI is InChI=1S/C18H25N5O/c1-13(9-17-10-14(2)21-22-17)20-18(24)23-8-5-16(12-23)11-15-3-6-19-7-4-15/h3-4,6-7,10,13,16H,5,8-9,11-12H2,1-2H3,(H,20,24)(H,21,22). The molecule has 2 unspecified atom stereocenters. The number of hydrogen-bond donors (Lipinski definition) is 2. The second kappa shape index (κ2) is 7.47. The van der Waals surface area contributed by atoms with Crippen LogP contribution < -0.4 is 5.32 Å². The summed E-state index contributed by atoms with van der Waals surface area (Å²) in [4.78, 5) is 18.4. The summed E-state index contributed by atoms with van der Waals surface area (Å²) in [7, 11) is 0. The molecule has 128 valence electrons. The SMILES string of the molecule is Cc1cc(CC(C)NC(=O)N2CCC(Cc3ccncc3)C2)n[nH]1. The van der Waals surface area contributed by atoms with Gasteiger partial charge in [-0.25, -0.2) is 4.79 Å². The number of nitrogens with zero attached hydrogens (tertiary/aromatic N) is 3. The molecule has 0 spiro atoms. The molecular weight excluding hydrogens is 302 g/mol. The lowest BCUT2D eigenvalue weighted by Crippen LogP contribution is -2.43. The van der Waals surface area contributed by atoms with Crippen molar-refractivity contribution in [1.29, 1.82) is 0 Å². The number of H-pyrrole nitrogens is 1. The molecule has 0 aliphatic carbocycles. The molecule has 1 aliphatic heterocycles. The zero-order valence-electron chi connectivity index (χ0n) is 14.3. The third kappa shape index (κ3) is 4.34. The lowest BCUT2D eigenvalue weighted by molar-refractivity contribution is 0.203. The van der Waals surface area contributed by atoms with Crippen LogP contribution in [0.2, 0.25) is 0 Å². The van der Waals surface area contributed by atoms with Crippen LogP contribution >= 0.6 is 0 Å². The van der Waals surface area contributed by atoms with E-state index in [4.69, 9.17) is 0 Å². The molecule has 1 aliphatic rings. The fraction of sp³-hybridized carbons (Fsp3) is 0.500. The average Bonchev–Trinajstić information content (AvgIpc) is 3.17. The number of likely N-dealkylation sites (tertiary alicyclic amines) is 1. The first-order valence-electron chi connectivity index (χ1n) is 8.55. The number of amides is 2. The number of urea groups is 1. The van der Waals surface area contributed by atoms with E-state index in [1.54, 1.807) is 0 Å². The summed E-state index contributed by atoms with van der Waals surface area (Å²) in [5, 5.41) is 10.2. The number of hydrogen-bond acceptors (Lipinski definition) is 3. The minimum absolute atomic E-state index is 0.0342. The van der Waals surface area contributed by atoms with Crippen LogP contribution in [0.25, 0.3) is 0 Å². The van der Waals surface area contributed by atoms with Crippen LogP contribution in [0, 0.1) is 12.8 Å². The molecular formula is C18H25N5O. The van der Waals surface area contributed by atoms with Gasteiger partial charge in [-0.15, -0.1) is 0 Å². The number of carbonyl (C=O) groups excluding carboxylic acids is 1. The van der Waals surface area contributed by atoms with Gasteiger partial charge in [0.2, 0.25) is 0 Å². The van der Waals surface area contributed by atoms with E-state index in [9.17, 15) is 4.79 Å². The fourth-order valence-corrected chi connectivity index (χ4v) is 3.28. The van der Waals surface area contributed by atoms with Crippen LogP contribution in [0.1, 0.15) is 30.3 Å². The fourth-order valence-electron chi connectivity index (χ4n) is 3.28. The molecule has 1 fully saturated rings. The van der Waals surface area contributed by atoms with E-state index >= 15 is 0 Å². The minimum atomic E-state index is 0.0342. The Kier molecular flexibility index (Phi) is 5.13. The number of pyridine rings is 1. The van der Waals surface area contributed by atoms with E-state index in [0.717, 1.165) is 43.7 Å². The van der Waals surface area contributed by atoms with Gasteiger partial charge in [-0.1, -0.05) is 0 Å². The molecule has 0 aromatic carbocycles. The summed E-state index contributed by atoms with van der Waals surface area (Å²) >= 11 is 0. The average molecular weight is 327 g/mol. The van der Waals surface area contributed by atoms with Gasteiger partial charge >= 0.3 is 6.03 Å². The van der Waals surface area contributed by atoms with Crippen molar-refractivity contribution in [2.75, 3.05) is 13.1 Å². The van der Waals surface area contributed by atoms with Crippen LogP contribution in [0.5, 0.6) is 0 Å². The second-order valence-electron chi connectivity index (χ2n) is 6.76. The van der Waals surface area contributed by atoms with Gasteiger partial charge in [0, 0.05) is 43.6 Å². The Morgan fingerprint density at radius 1 is 1.46 bits per heavy atom. The number of rotatable bonds is 5.